The van der Waals surface area contributed by atoms with E-state index in [4.69, 9.17) is 10.8 Å². The quantitative estimate of drug-likeness (QED) is 0.311. The topological polar surface area (TPSA) is 89.4 Å². The summed E-state index contributed by atoms with van der Waals surface area (Å²) in [5, 5.41) is 19.3. The Morgan fingerprint density at radius 2 is 2.45 bits per heavy atom. The van der Waals surface area contributed by atoms with Crippen molar-refractivity contribution in [2.75, 3.05) is 0 Å². The second-order valence-corrected chi connectivity index (χ2v) is 2.42. The van der Waals surface area contributed by atoms with Gasteiger partial charge in [0.2, 0.25) is 0 Å². The summed E-state index contributed by atoms with van der Waals surface area (Å²) >= 11 is 0. The van der Waals surface area contributed by atoms with E-state index in [1.165, 1.54) is 12.2 Å². The van der Waals surface area contributed by atoms with Crippen molar-refractivity contribution in [3.63, 3.8) is 0 Å². The molecule has 0 aromatic heterocycles. The summed E-state index contributed by atoms with van der Waals surface area (Å²) in [4.78, 5) is 9.57. The van der Waals surface area contributed by atoms with Crippen LogP contribution in [0.2, 0.25) is 0 Å². The minimum Gasteiger partial charge on any atom is -0.372 e. The van der Waals surface area contributed by atoms with Crippen LogP contribution in [0.1, 0.15) is 6.42 Å². The Balaban J connectivity index is 2.89. The standard InChI is InChI=1S/C6H8N2O3/c7-6(9)3-1-2-5(4-6)8(10)11/h1-2,4,9H,3,7H2. The van der Waals surface area contributed by atoms with Crippen LogP contribution in [0.5, 0.6) is 0 Å². The van der Waals surface area contributed by atoms with Crippen molar-refractivity contribution in [1.82, 2.24) is 0 Å². The molecule has 60 valence electrons. The van der Waals surface area contributed by atoms with Crippen molar-refractivity contribution in [2.45, 2.75) is 12.1 Å². The number of nitro groups is 1. The van der Waals surface area contributed by atoms with Gasteiger partial charge in [-0.3, -0.25) is 15.8 Å². The molecule has 3 N–H and O–H groups in total. The van der Waals surface area contributed by atoms with Gasteiger partial charge in [-0.1, -0.05) is 6.08 Å². The Kier molecular flexibility index (Phi) is 1.76. The Morgan fingerprint density at radius 3 is 2.82 bits per heavy atom. The second kappa shape index (κ2) is 2.44. The van der Waals surface area contributed by atoms with E-state index in [9.17, 15) is 10.1 Å². The molecule has 0 bridgehead atoms. The smallest absolute Gasteiger partial charge is 0.269 e. The Morgan fingerprint density at radius 1 is 1.82 bits per heavy atom. The fourth-order valence-corrected chi connectivity index (χ4v) is 0.845. The zero-order valence-electron chi connectivity index (χ0n) is 5.73. The lowest BCUT2D eigenvalue weighted by atomic mass is 10.0. The number of aliphatic hydroxyl groups is 1. The summed E-state index contributed by atoms with van der Waals surface area (Å²) in [5.41, 5.74) is 3.51. The predicted octanol–water partition coefficient (Wildman–Crippen LogP) is -0.246. The predicted molar refractivity (Wildman–Crippen MR) is 38.0 cm³/mol. The van der Waals surface area contributed by atoms with Crippen molar-refractivity contribution in [3.05, 3.63) is 34.0 Å². The maximum atomic E-state index is 10.2. The fraction of sp³-hybridized carbons (Fsp3) is 0.333. The molecule has 0 saturated carbocycles. The van der Waals surface area contributed by atoms with Crippen LogP contribution in [-0.4, -0.2) is 15.8 Å². The first-order valence-electron chi connectivity index (χ1n) is 3.06. The Labute approximate surface area is 63.0 Å². The van der Waals surface area contributed by atoms with Gasteiger partial charge in [0.25, 0.3) is 5.70 Å². The van der Waals surface area contributed by atoms with Crippen LogP contribution in [0, 0.1) is 10.1 Å². The molecule has 0 amide bonds. The molecule has 0 saturated heterocycles. The summed E-state index contributed by atoms with van der Waals surface area (Å²) in [7, 11) is 0. The maximum Gasteiger partial charge on any atom is 0.269 e. The third-order valence-electron chi connectivity index (χ3n) is 1.34. The van der Waals surface area contributed by atoms with Gasteiger partial charge in [0.1, 0.15) is 5.72 Å². The molecule has 1 rings (SSSR count). The average molecular weight is 156 g/mol. The van der Waals surface area contributed by atoms with Gasteiger partial charge in [0.05, 0.1) is 4.92 Å². The van der Waals surface area contributed by atoms with Crippen LogP contribution < -0.4 is 5.73 Å². The second-order valence-electron chi connectivity index (χ2n) is 2.42. The first kappa shape index (κ1) is 7.90. The highest BCUT2D eigenvalue weighted by Gasteiger charge is 2.24. The van der Waals surface area contributed by atoms with Crippen molar-refractivity contribution in [3.8, 4) is 0 Å². The first-order valence-corrected chi connectivity index (χ1v) is 3.06. The summed E-state index contributed by atoms with van der Waals surface area (Å²) in [6, 6.07) is 0. The van der Waals surface area contributed by atoms with Gasteiger partial charge < -0.3 is 5.11 Å². The van der Waals surface area contributed by atoms with E-state index in [1.807, 2.05) is 0 Å². The molecule has 1 aliphatic carbocycles. The zero-order valence-corrected chi connectivity index (χ0v) is 5.73. The van der Waals surface area contributed by atoms with E-state index in [0.717, 1.165) is 6.08 Å². The highest BCUT2D eigenvalue weighted by atomic mass is 16.6. The first-order chi connectivity index (χ1) is 5.01. The minimum atomic E-state index is -1.56. The molecule has 0 aliphatic heterocycles. The molecule has 0 fully saturated rings. The number of hydrogen-bond donors (Lipinski definition) is 2. The van der Waals surface area contributed by atoms with Crippen molar-refractivity contribution < 1.29 is 10.0 Å². The molecule has 0 aromatic carbocycles. The van der Waals surface area contributed by atoms with Crippen LogP contribution in [0.4, 0.5) is 0 Å². The van der Waals surface area contributed by atoms with Crippen LogP contribution >= 0.6 is 0 Å². The van der Waals surface area contributed by atoms with Crippen LogP contribution in [-0.2, 0) is 0 Å². The van der Waals surface area contributed by atoms with E-state index in [1.54, 1.807) is 0 Å². The molecule has 5 heteroatoms. The lowest BCUT2D eigenvalue weighted by Crippen LogP contribution is -2.38. The fourth-order valence-electron chi connectivity index (χ4n) is 0.845. The lowest BCUT2D eigenvalue weighted by molar-refractivity contribution is -0.420. The molecular weight excluding hydrogens is 148 g/mol. The summed E-state index contributed by atoms with van der Waals surface area (Å²) in [6.45, 7) is 0. The molecule has 0 heterocycles. The molecule has 1 aliphatic rings. The molecule has 1 unspecified atom stereocenters. The minimum absolute atomic E-state index is 0.166. The number of nitrogens with two attached hydrogens (primary N) is 1. The SMILES string of the molecule is NC1(O)C=C([N+](=O)[O-])C=CC1. The van der Waals surface area contributed by atoms with E-state index in [2.05, 4.69) is 0 Å². The number of allylic oxidation sites excluding steroid dienone is 1. The van der Waals surface area contributed by atoms with Gasteiger partial charge in [-0.05, 0) is 0 Å². The molecule has 5 nitrogen and oxygen atoms in total. The monoisotopic (exact) mass is 156 g/mol. The van der Waals surface area contributed by atoms with E-state index in [-0.39, 0.29) is 12.1 Å². The zero-order chi connectivity index (χ0) is 8.48. The van der Waals surface area contributed by atoms with Gasteiger partial charge >= 0.3 is 0 Å². The Hall–Kier alpha value is -1.20. The summed E-state index contributed by atoms with van der Waals surface area (Å²) in [6.07, 6.45) is 4.04. The van der Waals surface area contributed by atoms with Gasteiger partial charge in [-0.25, -0.2) is 0 Å². The molecule has 0 aromatic rings. The number of nitrogens with zero attached hydrogens (tertiary/aromatic N) is 1. The van der Waals surface area contributed by atoms with Gasteiger partial charge in [-0.2, -0.15) is 0 Å². The lowest BCUT2D eigenvalue weighted by Gasteiger charge is -2.18. The largest absolute Gasteiger partial charge is 0.372 e. The third-order valence-corrected chi connectivity index (χ3v) is 1.34. The van der Waals surface area contributed by atoms with Crippen molar-refractivity contribution >= 4 is 0 Å². The van der Waals surface area contributed by atoms with E-state index >= 15 is 0 Å². The molecule has 1 atom stereocenters. The van der Waals surface area contributed by atoms with Crippen molar-refractivity contribution in [2.24, 2.45) is 5.73 Å². The molecule has 11 heavy (non-hydrogen) atoms. The van der Waals surface area contributed by atoms with Gasteiger partial charge in [-0.15, -0.1) is 0 Å². The number of rotatable bonds is 1. The summed E-state index contributed by atoms with van der Waals surface area (Å²) in [5.74, 6) is 0. The molecule has 0 radical (unpaired) electrons. The van der Waals surface area contributed by atoms with Gasteiger partial charge in [0.15, 0.2) is 0 Å². The van der Waals surface area contributed by atoms with E-state index < -0.39 is 10.6 Å². The highest BCUT2D eigenvalue weighted by Crippen LogP contribution is 2.15. The van der Waals surface area contributed by atoms with Crippen LogP contribution in [0.3, 0.4) is 0 Å². The normalized spacial score (nSPS) is 29.8. The Bertz CT molecular complexity index is 242. The molecular formula is C6H8N2O3. The third kappa shape index (κ3) is 1.86. The summed E-state index contributed by atoms with van der Waals surface area (Å²) < 4.78 is 0. The van der Waals surface area contributed by atoms with Crippen LogP contribution in [0.25, 0.3) is 0 Å². The van der Waals surface area contributed by atoms with E-state index in [0.29, 0.717) is 0 Å². The highest BCUT2D eigenvalue weighted by molar-refractivity contribution is 5.21. The van der Waals surface area contributed by atoms with Crippen molar-refractivity contribution in [1.29, 1.82) is 0 Å². The van der Waals surface area contributed by atoms with Crippen LogP contribution in [0.15, 0.2) is 23.9 Å². The maximum absolute atomic E-state index is 10.2. The number of hydrogen-bond acceptors (Lipinski definition) is 4. The average Bonchev–Trinajstić information content (AvgIpc) is 1.85. The molecule has 0 spiro atoms. The van der Waals surface area contributed by atoms with Gasteiger partial charge in [0, 0.05) is 18.6 Å².